The fourth-order valence-electron chi connectivity index (χ4n) is 3.29. The topological polar surface area (TPSA) is 77.6 Å². The van der Waals surface area contributed by atoms with Gasteiger partial charge in [0.25, 0.3) is 5.91 Å². The van der Waals surface area contributed by atoms with E-state index in [0.717, 1.165) is 58.5 Å². The van der Waals surface area contributed by atoms with Crippen LogP contribution in [0.15, 0.2) is 12.3 Å². The summed E-state index contributed by atoms with van der Waals surface area (Å²) in [5.41, 5.74) is 1.16. The maximum absolute atomic E-state index is 13.3. The largest absolute Gasteiger partial charge is 0.353 e. The highest BCUT2D eigenvalue weighted by atomic mass is 16.2. The summed E-state index contributed by atoms with van der Waals surface area (Å²) in [7, 11) is 0. The zero-order valence-corrected chi connectivity index (χ0v) is 16.9. The van der Waals surface area contributed by atoms with Gasteiger partial charge in [0, 0.05) is 45.7 Å². The van der Waals surface area contributed by atoms with E-state index in [9.17, 15) is 9.59 Å². The van der Waals surface area contributed by atoms with Crippen molar-refractivity contribution >= 4 is 23.3 Å². The predicted molar refractivity (Wildman–Crippen MR) is 109 cm³/mol. The highest BCUT2D eigenvalue weighted by Gasteiger charge is 2.24. The molecule has 0 spiro atoms. The third-order valence-corrected chi connectivity index (χ3v) is 4.55. The summed E-state index contributed by atoms with van der Waals surface area (Å²) in [4.78, 5) is 33.9. The number of carbonyl (C=O) groups excluding carboxylic acids is 2. The van der Waals surface area contributed by atoms with E-state index in [4.69, 9.17) is 0 Å². The van der Waals surface area contributed by atoms with Gasteiger partial charge in [-0.1, -0.05) is 20.8 Å². The van der Waals surface area contributed by atoms with E-state index in [1.54, 1.807) is 12.3 Å². The number of pyridine rings is 1. The van der Waals surface area contributed by atoms with Gasteiger partial charge >= 0.3 is 0 Å². The van der Waals surface area contributed by atoms with Crippen LogP contribution >= 0.6 is 0 Å². The van der Waals surface area contributed by atoms with Crippen LogP contribution in [0.5, 0.6) is 0 Å². The van der Waals surface area contributed by atoms with Crippen molar-refractivity contribution < 1.29 is 9.59 Å². The standard InChI is InChI=1S/C20H33N5O2/c1-4-7-18(26)23-16-14-17(20(27)25(10-5-2)11-6-3)19(22-15-16)24-12-8-21-9-13-24/h14-15,21H,4-13H2,1-3H3,(H,23,26). The van der Waals surface area contributed by atoms with Crippen LogP contribution in [-0.4, -0.2) is 61.0 Å². The molecule has 2 N–H and O–H groups in total. The second-order valence-electron chi connectivity index (χ2n) is 6.92. The third-order valence-electron chi connectivity index (χ3n) is 4.55. The summed E-state index contributed by atoms with van der Waals surface area (Å²) in [6.07, 6.45) is 4.72. The first kappa shape index (κ1) is 21.2. The van der Waals surface area contributed by atoms with Crippen LogP contribution in [0.1, 0.15) is 56.8 Å². The molecule has 150 valence electrons. The molecule has 7 heteroatoms. The molecule has 2 amide bonds. The molecule has 0 unspecified atom stereocenters. The number of aromatic nitrogens is 1. The molecule has 1 fully saturated rings. The smallest absolute Gasteiger partial charge is 0.257 e. The lowest BCUT2D eigenvalue weighted by molar-refractivity contribution is -0.116. The molecule has 0 atom stereocenters. The number of anilines is 2. The average Bonchev–Trinajstić information content (AvgIpc) is 2.68. The summed E-state index contributed by atoms with van der Waals surface area (Å²) in [6.45, 7) is 10.9. The Hall–Kier alpha value is -2.15. The number of hydrogen-bond acceptors (Lipinski definition) is 5. The predicted octanol–water partition coefficient (Wildman–Crippen LogP) is 2.49. The van der Waals surface area contributed by atoms with Crippen LogP contribution < -0.4 is 15.5 Å². The van der Waals surface area contributed by atoms with Crippen LogP contribution in [0.3, 0.4) is 0 Å². The van der Waals surface area contributed by atoms with Crippen molar-refractivity contribution in [2.45, 2.75) is 46.5 Å². The van der Waals surface area contributed by atoms with Gasteiger partial charge in [0.2, 0.25) is 5.91 Å². The van der Waals surface area contributed by atoms with Gasteiger partial charge < -0.3 is 20.4 Å². The van der Waals surface area contributed by atoms with Crippen molar-refractivity contribution in [3.05, 3.63) is 17.8 Å². The molecule has 1 aliphatic rings. The van der Waals surface area contributed by atoms with Crippen molar-refractivity contribution in [1.29, 1.82) is 0 Å². The summed E-state index contributed by atoms with van der Waals surface area (Å²) in [5.74, 6) is 0.658. The van der Waals surface area contributed by atoms with E-state index < -0.39 is 0 Å². The average molecular weight is 376 g/mol. The van der Waals surface area contributed by atoms with Gasteiger partial charge in [-0.05, 0) is 25.3 Å². The monoisotopic (exact) mass is 375 g/mol. The van der Waals surface area contributed by atoms with Crippen molar-refractivity contribution in [1.82, 2.24) is 15.2 Å². The van der Waals surface area contributed by atoms with Gasteiger partial charge in [-0.25, -0.2) is 4.98 Å². The molecular formula is C20H33N5O2. The Morgan fingerprint density at radius 1 is 1.15 bits per heavy atom. The van der Waals surface area contributed by atoms with Crippen molar-refractivity contribution in [3.63, 3.8) is 0 Å². The second kappa shape index (κ2) is 10.9. The van der Waals surface area contributed by atoms with E-state index in [1.165, 1.54) is 0 Å². The Morgan fingerprint density at radius 3 is 2.41 bits per heavy atom. The van der Waals surface area contributed by atoms with E-state index in [2.05, 4.69) is 34.4 Å². The van der Waals surface area contributed by atoms with Crippen LogP contribution in [-0.2, 0) is 4.79 Å². The van der Waals surface area contributed by atoms with Crippen LogP contribution in [0.4, 0.5) is 11.5 Å². The maximum atomic E-state index is 13.3. The quantitative estimate of drug-likeness (QED) is 0.693. The number of hydrogen-bond donors (Lipinski definition) is 2. The molecule has 0 bridgehead atoms. The number of carbonyl (C=O) groups is 2. The van der Waals surface area contributed by atoms with Gasteiger partial charge in [0.05, 0.1) is 17.4 Å². The molecule has 1 aromatic rings. The van der Waals surface area contributed by atoms with E-state index in [0.29, 0.717) is 23.5 Å². The van der Waals surface area contributed by atoms with Gasteiger partial charge in [-0.3, -0.25) is 9.59 Å². The molecule has 1 aromatic heterocycles. The molecule has 0 radical (unpaired) electrons. The summed E-state index contributed by atoms with van der Waals surface area (Å²) < 4.78 is 0. The normalized spacial score (nSPS) is 14.1. The molecule has 7 nitrogen and oxygen atoms in total. The van der Waals surface area contributed by atoms with Gasteiger partial charge in [-0.2, -0.15) is 0 Å². The maximum Gasteiger partial charge on any atom is 0.257 e. The highest BCUT2D eigenvalue weighted by Crippen LogP contribution is 2.24. The van der Waals surface area contributed by atoms with Crippen LogP contribution in [0, 0.1) is 0 Å². The fraction of sp³-hybridized carbons (Fsp3) is 0.650. The Balaban J connectivity index is 2.34. The SMILES string of the molecule is CCCC(=O)Nc1cnc(N2CCNCC2)c(C(=O)N(CCC)CCC)c1. The Kier molecular flexibility index (Phi) is 8.51. The van der Waals surface area contributed by atoms with E-state index in [-0.39, 0.29) is 11.8 Å². The molecule has 2 heterocycles. The Bertz CT molecular complexity index is 623. The molecule has 1 saturated heterocycles. The zero-order chi connectivity index (χ0) is 19.6. The van der Waals surface area contributed by atoms with E-state index in [1.807, 2.05) is 11.8 Å². The van der Waals surface area contributed by atoms with Gasteiger partial charge in [0.15, 0.2) is 0 Å². The first-order valence-electron chi connectivity index (χ1n) is 10.2. The number of piperazine rings is 1. The summed E-state index contributed by atoms with van der Waals surface area (Å²) in [5, 5.41) is 6.19. The first-order chi connectivity index (χ1) is 13.1. The van der Waals surface area contributed by atoms with Crippen molar-refractivity contribution in [2.75, 3.05) is 49.5 Å². The van der Waals surface area contributed by atoms with Gasteiger partial charge in [-0.15, -0.1) is 0 Å². The minimum Gasteiger partial charge on any atom is -0.353 e. The number of nitrogens with zero attached hydrogens (tertiary/aromatic N) is 3. The van der Waals surface area contributed by atoms with E-state index >= 15 is 0 Å². The first-order valence-corrected chi connectivity index (χ1v) is 10.2. The Labute approximate surface area is 162 Å². The van der Waals surface area contributed by atoms with Crippen molar-refractivity contribution in [2.24, 2.45) is 0 Å². The summed E-state index contributed by atoms with van der Waals surface area (Å²) >= 11 is 0. The minimum atomic E-state index is -0.0495. The van der Waals surface area contributed by atoms with Crippen LogP contribution in [0.25, 0.3) is 0 Å². The Morgan fingerprint density at radius 2 is 1.81 bits per heavy atom. The fourth-order valence-corrected chi connectivity index (χ4v) is 3.29. The zero-order valence-electron chi connectivity index (χ0n) is 16.9. The lowest BCUT2D eigenvalue weighted by Gasteiger charge is -2.31. The number of nitrogens with one attached hydrogen (secondary N) is 2. The molecule has 27 heavy (non-hydrogen) atoms. The highest BCUT2D eigenvalue weighted by molar-refractivity contribution is 6.01. The van der Waals surface area contributed by atoms with Crippen molar-refractivity contribution in [3.8, 4) is 0 Å². The molecule has 0 aromatic carbocycles. The molecular weight excluding hydrogens is 342 g/mol. The van der Waals surface area contributed by atoms with Crippen LogP contribution in [0.2, 0.25) is 0 Å². The lowest BCUT2D eigenvalue weighted by atomic mass is 10.1. The second-order valence-corrected chi connectivity index (χ2v) is 6.92. The van der Waals surface area contributed by atoms with Gasteiger partial charge in [0.1, 0.15) is 5.82 Å². The minimum absolute atomic E-state index is 0.00803. The number of rotatable bonds is 9. The molecule has 0 saturated carbocycles. The lowest BCUT2D eigenvalue weighted by Crippen LogP contribution is -2.45. The summed E-state index contributed by atoms with van der Waals surface area (Å²) in [6, 6.07) is 1.79. The molecule has 1 aliphatic heterocycles. The number of amides is 2. The molecule has 0 aliphatic carbocycles. The molecule has 2 rings (SSSR count). The third kappa shape index (κ3) is 5.92.